The molecule has 0 amide bonds. The molecule has 2 aliphatic carbocycles. The number of hydrogen-bond acceptors (Lipinski definition) is 1. The Kier molecular flexibility index (Phi) is 4.53. The molecule has 4 rings (SSSR count). The van der Waals surface area contributed by atoms with Crippen molar-refractivity contribution in [2.24, 2.45) is 0 Å². The third-order valence-electron chi connectivity index (χ3n) is 7.32. The lowest BCUT2D eigenvalue weighted by molar-refractivity contribution is -0.131. The highest BCUT2D eigenvalue weighted by atomic mass is 16.4. The summed E-state index contributed by atoms with van der Waals surface area (Å²) in [7, 11) is 0. The molecule has 0 radical (unpaired) electrons. The van der Waals surface area contributed by atoms with E-state index >= 15 is 0 Å². The molecule has 29 heavy (non-hydrogen) atoms. The normalized spacial score (nSPS) is 21.0. The molecule has 2 aromatic carbocycles. The van der Waals surface area contributed by atoms with Gasteiger partial charge in [0.1, 0.15) is 0 Å². The van der Waals surface area contributed by atoms with Gasteiger partial charge in [-0.05, 0) is 82.9 Å². The minimum Gasteiger partial charge on any atom is -0.478 e. The van der Waals surface area contributed by atoms with Crippen molar-refractivity contribution in [1.29, 1.82) is 0 Å². The molecule has 0 aromatic heterocycles. The smallest absolute Gasteiger partial charge is 0.328 e. The summed E-state index contributed by atoms with van der Waals surface area (Å²) in [5, 5.41) is 8.95. The topological polar surface area (TPSA) is 37.3 Å². The van der Waals surface area contributed by atoms with Gasteiger partial charge in [0, 0.05) is 11.5 Å². The number of rotatable bonds is 4. The van der Waals surface area contributed by atoms with Crippen molar-refractivity contribution < 1.29 is 9.90 Å². The summed E-state index contributed by atoms with van der Waals surface area (Å²) in [6, 6.07) is 13.4. The summed E-state index contributed by atoms with van der Waals surface area (Å²) in [6.07, 6.45) is 7.67. The Hall–Kier alpha value is -2.35. The zero-order valence-electron chi connectivity index (χ0n) is 18.3. The van der Waals surface area contributed by atoms with Gasteiger partial charge in [-0.2, -0.15) is 0 Å². The molecule has 0 atom stereocenters. The van der Waals surface area contributed by atoms with Gasteiger partial charge in [0.05, 0.1) is 0 Å². The Labute approximate surface area is 174 Å². The summed E-state index contributed by atoms with van der Waals surface area (Å²) >= 11 is 0. The summed E-state index contributed by atoms with van der Waals surface area (Å²) in [5.41, 5.74) is 8.65. The molecule has 0 heterocycles. The SMILES string of the molecule is Cc1cc2c(cc1C1(c3cccc(C=CC(=O)O)c3)CC1)C(C)(C)CCC2(C)C. The molecule has 2 aromatic rings. The Morgan fingerprint density at radius 2 is 1.52 bits per heavy atom. The van der Waals surface area contributed by atoms with Gasteiger partial charge in [-0.25, -0.2) is 4.79 Å². The van der Waals surface area contributed by atoms with Crippen LogP contribution in [0, 0.1) is 6.92 Å². The van der Waals surface area contributed by atoms with Gasteiger partial charge in [-0.3, -0.25) is 0 Å². The zero-order chi connectivity index (χ0) is 21.0. The maximum absolute atomic E-state index is 10.9. The third kappa shape index (κ3) is 3.43. The lowest BCUT2D eigenvalue weighted by Crippen LogP contribution is -2.34. The fourth-order valence-electron chi connectivity index (χ4n) is 5.18. The van der Waals surface area contributed by atoms with Crippen molar-refractivity contribution in [1.82, 2.24) is 0 Å². The van der Waals surface area contributed by atoms with Crippen molar-refractivity contribution >= 4 is 12.0 Å². The minimum absolute atomic E-state index is 0.0733. The molecule has 0 bridgehead atoms. The summed E-state index contributed by atoms with van der Waals surface area (Å²) in [6.45, 7) is 11.8. The lowest BCUT2D eigenvalue weighted by atomic mass is 9.62. The average molecular weight is 389 g/mol. The molecule has 1 fully saturated rings. The van der Waals surface area contributed by atoms with Gasteiger partial charge in [0.2, 0.25) is 0 Å². The van der Waals surface area contributed by atoms with Crippen LogP contribution in [0.5, 0.6) is 0 Å². The van der Waals surface area contributed by atoms with Crippen LogP contribution in [0.1, 0.15) is 86.8 Å². The number of benzene rings is 2. The van der Waals surface area contributed by atoms with E-state index in [4.69, 9.17) is 5.11 Å². The molecular formula is C27H32O2. The lowest BCUT2D eigenvalue weighted by Gasteiger charge is -2.43. The number of carbonyl (C=O) groups is 1. The molecule has 0 unspecified atom stereocenters. The molecule has 0 spiro atoms. The molecule has 0 saturated heterocycles. The van der Waals surface area contributed by atoms with Crippen LogP contribution in [0.15, 0.2) is 42.5 Å². The first-order chi connectivity index (χ1) is 13.6. The predicted molar refractivity (Wildman–Crippen MR) is 120 cm³/mol. The quantitative estimate of drug-likeness (QED) is 0.605. The molecule has 0 aliphatic heterocycles. The molecule has 2 nitrogen and oxygen atoms in total. The molecular weight excluding hydrogens is 356 g/mol. The number of carboxylic acid groups (broad SMARTS) is 1. The maximum Gasteiger partial charge on any atom is 0.328 e. The van der Waals surface area contributed by atoms with Crippen LogP contribution in [0.4, 0.5) is 0 Å². The largest absolute Gasteiger partial charge is 0.478 e. The van der Waals surface area contributed by atoms with Gasteiger partial charge in [0.25, 0.3) is 0 Å². The molecule has 152 valence electrons. The average Bonchev–Trinajstić information content (AvgIpc) is 3.46. The highest BCUT2D eigenvalue weighted by Crippen LogP contribution is 2.56. The second-order valence-corrected chi connectivity index (χ2v) is 10.4. The van der Waals surface area contributed by atoms with E-state index in [1.165, 1.54) is 46.7 Å². The molecule has 2 heteroatoms. The second-order valence-electron chi connectivity index (χ2n) is 10.4. The van der Waals surface area contributed by atoms with Crippen molar-refractivity contribution in [2.75, 3.05) is 0 Å². The number of aliphatic carboxylic acids is 1. The van der Waals surface area contributed by atoms with Crippen LogP contribution >= 0.6 is 0 Å². The molecule has 1 saturated carbocycles. The number of hydrogen-bond donors (Lipinski definition) is 1. The highest BCUT2D eigenvalue weighted by molar-refractivity contribution is 5.85. The number of carboxylic acids is 1. The fraction of sp³-hybridized carbons (Fsp3) is 0.444. The molecule has 2 aliphatic rings. The van der Waals surface area contributed by atoms with Gasteiger partial charge in [-0.1, -0.05) is 64.1 Å². The van der Waals surface area contributed by atoms with Crippen molar-refractivity contribution in [3.63, 3.8) is 0 Å². The monoisotopic (exact) mass is 388 g/mol. The molecule has 1 N–H and O–H groups in total. The standard InChI is InChI=1S/C27H32O2/c1-18-15-22-23(26(4,5)12-11-25(22,2)3)17-21(18)27(13-14-27)20-8-6-7-19(16-20)9-10-24(28)29/h6-10,15-17H,11-14H2,1-5H3,(H,28,29). The first-order valence-electron chi connectivity index (χ1n) is 10.7. The van der Waals surface area contributed by atoms with E-state index < -0.39 is 5.97 Å². The van der Waals surface area contributed by atoms with E-state index in [0.717, 1.165) is 18.4 Å². The number of fused-ring (bicyclic) bond motifs is 1. The Balaban J connectivity index is 1.82. The third-order valence-corrected chi connectivity index (χ3v) is 7.32. The Bertz CT molecular complexity index is 1000. The van der Waals surface area contributed by atoms with Crippen LogP contribution in [0.3, 0.4) is 0 Å². The maximum atomic E-state index is 10.9. The van der Waals surface area contributed by atoms with Crippen LogP contribution in [-0.4, -0.2) is 11.1 Å². The van der Waals surface area contributed by atoms with Crippen molar-refractivity contribution in [3.05, 3.63) is 75.9 Å². The number of aryl methyl sites for hydroxylation is 1. The summed E-state index contributed by atoms with van der Waals surface area (Å²) < 4.78 is 0. The summed E-state index contributed by atoms with van der Waals surface area (Å²) in [4.78, 5) is 10.9. The van der Waals surface area contributed by atoms with Gasteiger partial charge in [0.15, 0.2) is 0 Å². The van der Waals surface area contributed by atoms with Crippen LogP contribution in [0.25, 0.3) is 6.08 Å². The van der Waals surface area contributed by atoms with E-state index in [0.29, 0.717) is 0 Å². The van der Waals surface area contributed by atoms with E-state index in [1.807, 2.05) is 6.07 Å². The first-order valence-corrected chi connectivity index (χ1v) is 10.7. The second kappa shape index (κ2) is 6.58. The van der Waals surface area contributed by atoms with E-state index in [-0.39, 0.29) is 16.2 Å². The van der Waals surface area contributed by atoms with E-state index in [2.05, 4.69) is 65.0 Å². The van der Waals surface area contributed by atoms with Crippen molar-refractivity contribution in [2.45, 2.75) is 76.5 Å². The fourth-order valence-corrected chi connectivity index (χ4v) is 5.18. The van der Waals surface area contributed by atoms with E-state index in [1.54, 1.807) is 6.08 Å². The Morgan fingerprint density at radius 1 is 0.897 bits per heavy atom. The van der Waals surface area contributed by atoms with Crippen molar-refractivity contribution in [3.8, 4) is 0 Å². The van der Waals surface area contributed by atoms with Gasteiger partial charge in [-0.15, -0.1) is 0 Å². The highest BCUT2D eigenvalue weighted by Gasteiger charge is 2.48. The van der Waals surface area contributed by atoms with Crippen LogP contribution in [0.2, 0.25) is 0 Å². The van der Waals surface area contributed by atoms with Crippen LogP contribution in [-0.2, 0) is 21.0 Å². The Morgan fingerprint density at radius 3 is 2.10 bits per heavy atom. The van der Waals surface area contributed by atoms with Gasteiger partial charge < -0.3 is 5.11 Å². The van der Waals surface area contributed by atoms with Gasteiger partial charge >= 0.3 is 5.97 Å². The minimum atomic E-state index is -0.910. The van der Waals surface area contributed by atoms with E-state index in [9.17, 15) is 4.79 Å². The summed E-state index contributed by atoms with van der Waals surface area (Å²) in [5.74, 6) is -0.910. The first kappa shape index (κ1) is 19.9. The zero-order valence-corrected chi connectivity index (χ0v) is 18.3. The van der Waals surface area contributed by atoms with Crippen LogP contribution < -0.4 is 0 Å². The predicted octanol–water partition coefficient (Wildman–Crippen LogP) is 6.52.